The van der Waals surface area contributed by atoms with Crippen molar-refractivity contribution < 1.29 is 4.79 Å². The highest BCUT2D eigenvalue weighted by atomic mass is 16.1. The Bertz CT molecular complexity index is 1250. The number of carbonyl (C=O) groups excluding carboxylic acids is 1. The molecule has 2 aliphatic rings. The summed E-state index contributed by atoms with van der Waals surface area (Å²) in [6.45, 7) is 6.12. The lowest BCUT2D eigenvalue weighted by Gasteiger charge is -2.45. The number of aryl methyl sites for hydroxylation is 1. The first-order valence-electron chi connectivity index (χ1n) is 10.7. The molecule has 2 aliphatic carbocycles. The first-order chi connectivity index (χ1) is 14.9. The Kier molecular flexibility index (Phi) is 4.40. The minimum Gasteiger partial charge on any atom is -0.293 e. The second kappa shape index (κ2) is 7.02. The normalized spacial score (nSPS) is 24.7. The van der Waals surface area contributed by atoms with Gasteiger partial charge in [-0.05, 0) is 37.3 Å². The van der Waals surface area contributed by atoms with E-state index in [-0.39, 0.29) is 23.2 Å². The molecule has 1 aromatic carbocycles. The van der Waals surface area contributed by atoms with Gasteiger partial charge in [0.05, 0.1) is 17.0 Å². The van der Waals surface area contributed by atoms with Crippen LogP contribution in [0, 0.1) is 30.1 Å². The van der Waals surface area contributed by atoms with E-state index in [1.165, 1.54) is 5.56 Å². The van der Waals surface area contributed by atoms with Gasteiger partial charge in [-0.3, -0.25) is 4.79 Å². The average molecular weight is 409 g/mol. The Hall–Kier alpha value is -3.52. The summed E-state index contributed by atoms with van der Waals surface area (Å²) in [5.74, 6) is 0.625. The van der Waals surface area contributed by atoms with E-state index in [2.05, 4.69) is 30.1 Å². The maximum atomic E-state index is 12.8. The van der Waals surface area contributed by atoms with Crippen LogP contribution in [0.2, 0.25) is 0 Å². The molecule has 0 spiro atoms. The number of rotatable bonds is 2. The quantitative estimate of drug-likeness (QED) is 0.614. The molecule has 0 unspecified atom stereocenters. The number of aromatic nitrogens is 3. The molecular weight excluding hydrogens is 384 g/mol. The number of allylic oxidation sites excluding steroid dienone is 2. The molecule has 0 aliphatic heterocycles. The molecule has 5 nitrogen and oxygen atoms in total. The summed E-state index contributed by atoms with van der Waals surface area (Å²) in [4.78, 5) is 17.4. The van der Waals surface area contributed by atoms with Gasteiger partial charge in [0, 0.05) is 28.7 Å². The number of hydrogen-bond acceptors (Lipinski definition) is 4. The van der Waals surface area contributed by atoms with E-state index in [0.29, 0.717) is 0 Å². The van der Waals surface area contributed by atoms with E-state index >= 15 is 0 Å². The Balaban J connectivity index is 1.82. The minimum absolute atomic E-state index is 0.0452. The third-order valence-electron chi connectivity index (χ3n) is 6.98. The first-order valence-corrected chi connectivity index (χ1v) is 10.7. The van der Waals surface area contributed by atoms with E-state index in [4.69, 9.17) is 5.10 Å². The lowest BCUT2D eigenvalue weighted by atomic mass is 9.57. The van der Waals surface area contributed by atoms with Crippen LogP contribution in [0.4, 0.5) is 0 Å². The van der Waals surface area contributed by atoms with Gasteiger partial charge in [-0.25, -0.2) is 9.67 Å². The summed E-state index contributed by atoms with van der Waals surface area (Å²) in [6.07, 6.45) is 5.47. The van der Waals surface area contributed by atoms with Crippen LogP contribution in [0.15, 0.2) is 60.3 Å². The molecule has 5 rings (SSSR count). The smallest absolute Gasteiger partial charge is 0.176 e. The maximum absolute atomic E-state index is 12.8. The fourth-order valence-corrected chi connectivity index (χ4v) is 5.43. The molecule has 0 saturated heterocycles. The molecule has 3 atom stereocenters. The molecule has 0 fully saturated rings. The number of benzene rings is 1. The average Bonchev–Trinajstić information content (AvgIpc) is 3.18. The molecule has 0 amide bonds. The van der Waals surface area contributed by atoms with Crippen molar-refractivity contribution in [2.24, 2.45) is 11.8 Å². The predicted octanol–water partition coefficient (Wildman–Crippen LogP) is 4.73. The second-order valence-electron chi connectivity index (χ2n) is 8.90. The molecule has 3 aromatic rings. The van der Waals surface area contributed by atoms with Gasteiger partial charge in [0.15, 0.2) is 11.6 Å². The standard InChI is InChI=1S/C26H24N4O/c1-16-9-12-22(28-15-16)30-25-20(23(29-30)18-7-5-4-6-8-18)10-11-21-17(2)24(31)19(14-27)13-26(21,25)3/h4-9,12-13,15,17,21H,10-11H2,1-3H3/t17-,21-,26-/m1/s1. The molecule has 5 heteroatoms. The van der Waals surface area contributed by atoms with E-state index in [1.807, 2.05) is 61.1 Å². The van der Waals surface area contributed by atoms with Gasteiger partial charge in [-0.15, -0.1) is 0 Å². The van der Waals surface area contributed by atoms with Crippen LogP contribution in [0.25, 0.3) is 17.1 Å². The summed E-state index contributed by atoms with van der Waals surface area (Å²) in [5, 5.41) is 14.7. The van der Waals surface area contributed by atoms with Gasteiger partial charge < -0.3 is 0 Å². The second-order valence-corrected chi connectivity index (χ2v) is 8.90. The van der Waals surface area contributed by atoms with E-state index in [9.17, 15) is 10.1 Å². The summed E-state index contributed by atoms with van der Waals surface area (Å²) in [5.41, 5.74) is 5.11. The third kappa shape index (κ3) is 2.86. The van der Waals surface area contributed by atoms with Crippen molar-refractivity contribution in [3.63, 3.8) is 0 Å². The maximum Gasteiger partial charge on any atom is 0.176 e. The van der Waals surface area contributed by atoms with Gasteiger partial charge in [-0.2, -0.15) is 10.4 Å². The number of pyridine rings is 1. The number of ketones is 1. The zero-order chi connectivity index (χ0) is 21.8. The molecular formula is C26H24N4O. The molecule has 0 bridgehead atoms. The van der Waals surface area contributed by atoms with Crippen molar-refractivity contribution in [1.29, 1.82) is 5.26 Å². The highest BCUT2D eigenvalue weighted by Gasteiger charge is 2.50. The monoisotopic (exact) mass is 408 g/mol. The van der Waals surface area contributed by atoms with Gasteiger partial charge >= 0.3 is 0 Å². The van der Waals surface area contributed by atoms with Crippen molar-refractivity contribution >= 4 is 5.78 Å². The van der Waals surface area contributed by atoms with Crippen molar-refractivity contribution in [2.75, 3.05) is 0 Å². The number of nitriles is 1. The number of hydrogen-bond donors (Lipinski definition) is 0. The van der Waals surface area contributed by atoms with Crippen molar-refractivity contribution in [3.05, 3.63) is 77.1 Å². The fourth-order valence-electron chi connectivity index (χ4n) is 5.43. The molecule has 0 saturated carbocycles. The predicted molar refractivity (Wildman–Crippen MR) is 119 cm³/mol. The Morgan fingerprint density at radius 2 is 1.97 bits per heavy atom. The summed E-state index contributed by atoms with van der Waals surface area (Å²) in [7, 11) is 0. The van der Waals surface area contributed by atoms with Crippen LogP contribution in [0.5, 0.6) is 0 Å². The topological polar surface area (TPSA) is 71.6 Å². The van der Waals surface area contributed by atoms with Gasteiger partial charge in [0.25, 0.3) is 0 Å². The van der Waals surface area contributed by atoms with Crippen LogP contribution in [0.1, 0.15) is 37.1 Å². The zero-order valence-electron chi connectivity index (χ0n) is 18.0. The van der Waals surface area contributed by atoms with E-state index in [1.54, 1.807) is 0 Å². The highest BCUT2D eigenvalue weighted by molar-refractivity contribution is 6.02. The van der Waals surface area contributed by atoms with E-state index < -0.39 is 5.41 Å². The van der Waals surface area contributed by atoms with Crippen molar-refractivity contribution in [1.82, 2.24) is 14.8 Å². The van der Waals surface area contributed by atoms with Crippen LogP contribution in [-0.2, 0) is 16.6 Å². The molecule has 2 heterocycles. The number of nitrogens with zero attached hydrogens (tertiary/aromatic N) is 4. The Labute approximate surface area is 182 Å². The van der Waals surface area contributed by atoms with Crippen LogP contribution in [0.3, 0.4) is 0 Å². The summed E-state index contributed by atoms with van der Waals surface area (Å²) >= 11 is 0. The number of Topliss-reactive ketones (excluding diaryl/α,β-unsaturated/α-hetero) is 1. The molecule has 31 heavy (non-hydrogen) atoms. The zero-order valence-corrected chi connectivity index (χ0v) is 18.0. The van der Waals surface area contributed by atoms with E-state index in [0.717, 1.165) is 41.2 Å². The van der Waals surface area contributed by atoms with Crippen molar-refractivity contribution in [3.8, 4) is 23.1 Å². The van der Waals surface area contributed by atoms with Crippen LogP contribution >= 0.6 is 0 Å². The van der Waals surface area contributed by atoms with Crippen molar-refractivity contribution in [2.45, 2.75) is 39.0 Å². The van der Waals surface area contributed by atoms with Gasteiger partial charge in [0.2, 0.25) is 0 Å². The van der Waals surface area contributed by atoms with Gasteiger partial charge in [-0.1, -0.05) is 56.3 Å². The summed E-state index contributed by atoms with van der Waals surface area (Å²) < 4.78 is 1.94. The fraction of sp³-hybridized carbons (Fsp3) is 0.308. The van der Waals surface area contributed by atoms with Crippen LogP contribution in [-0.4, -0.2) is 20.5 Å². The molecule has 154 valence electrons. The number of carbonyl (C=O) groups is 1. The minimum atomic E-state index is -0.474. The highest BCUT2D eigenvalue weighted by Crippen LogP contribution is 2.51. The molecule has 0 radical (unpaired) electrons. The number of fused-ring (bicyclic) bond motifs is 3. The third-order valence-corrected chi connectivity index (χ3v) is 6.98. The summed E-state index contributed by atoms with van der Waals surface area (Å²) in [6, 6.07) is 16.4. The van der Waals surface area contributed by atoms with Gasteiger partial charge in [0.1, 0.15) is 6.07 Å². The SMILES string of the molecule is Cc1ccc(-n2nc(-c3ccccc3)c3c2[C@]2(C)C=C(C#N)C(=O)[C@H](C)[C@H]2CC3)nc1. The lowest BCUT2D eigenvalue weighted by molar-refractivity contribution is -0.121. The Morgan fingerprint density at radius 1 is 1.19 bits per heavy atom. The Morgan fingerprint density at radius 3 is 2.65 bits per heavy atom. The first kappa shape index (κ1) is 19.4. The van der Waals surface area contributed by atoms with Crippen LogP contribution < -0.4 is 0 Å². The largest absolute Gasteiger partial charge is 0.293 e. The lowest BCUT2D eigenvalue weighted by Crippen LogP contribution is -2.46. The molecule has 0 N–H and O–H groups in total. The molecule has 2 aromatic heterocycles.